The normalized spacial score (nSPS) is 11.8. The minimum atomic E-state index is -0.548. The summed E-state index contributed by atoms with van der Waals surface area (Å²) in [5.74, 6) is 0.125. The Morgan fingerprint density at radius 2 is 1.89 bits per heavy atom. The van der Waals surface area contributed by atoms with Gasteiger partial charge in [-0.15, -0.1) is 0 Å². The first-order valence-electron chi connectivity index (χ1n) is 8.20. The first-order chi connectivity index (χ1) is 12.8. The van der Waals surface area contributed by atoms with Crippen molar-refractivity contribution in [3.63, 3.8) is 0 Å². The number of halogens is 2. The van der Waals surface area contributed by atoms with Crippen molar-refractivity contribution in [3.05, 3.63) is 52.5 Å². The van der Waals surface area contributed by atoms with Crippen LogP contribution in [0.25, 0.3) is 0 Å². The Balaban J connectivity index is 1.92. The highest BCUT2D eigenvalue weighted by molar-refractivity contribution is 6.36. The largest absolute Gasteiger partial charge is 0.497 e. The van der Waals surface area contributed by atoms with E-state index < -0.39 is 6.04 Å². The van der Waals surface area contributed by atoms with Crippen LogP contribution in [0.4, 0.5) is 11.4 Å². The number of hydrogen-bond donors (Lipinski definition) is 2. The Kier molecular flexibility index (Phi) is 7.47. The Hall–Kier alpha value is -2.28. The van der Waals surface area contributed by atoms with Crippen molar-refractivity contribution < 1.29 is 14.3 Å². The minimum Gasteiger partial charge on any atom is -0.497 e. The number of likely N-dealkylation sites (N-methyl/N-ethyl adjacent to an activating group) is 1. The van der Waals surface area contributed by atoms with E-state index in [0.717, 1.165) is 0 Å². The van der Waals surface area contributed by atoms with Crippen molar-refractivity contribution in [2.24, 2.45) is 0 Å². The molecule has 144 valence electrons. The average molecular weight is 410 g/mol. The van der Waals surface area contributed by atoms with Crippen LogP contribution in [0.2, 0.25) is 10.0 Å². The van der Waals surface area contributed by atoms with Crippen LogP contribution in [0.1, 0.15) is 6.92 Å². The summed E-state index contributed by atoms with van der Waals surface area (Å²) in [6.07, 6.45) is 0. The molecule has 2 amide bonds. The molecule has 0 aliphatic rings. The van der Waals surface area contributed by atoms with E-state index in [2.05, 4.69) is 10.6 Å². The SMILES string of the molecule is COc1cccc(NC(=O)CN(C)[C@@H](C)C(=O)Nc2ccc(Cl)cc2Cl)c1. The van der Waals surface area contributed by atoms with Crippen molar-refractivity contribution >= 4 is 46.4 Å². The maximum Gasteiger partial charge on any atom is 0.241 e. The van der Waals surface area contributed by atoms with E-state index in [4.69, 9.17) is 27.9 Å². The van der Waals surface area contributed by atoms with Crippen LogP contribution < -0.4 is 15.4 Å². The van der Waals surface area contributed by atoms with E-state index >= 15 is 0 Å². The number of benzene rings is 2. The number of anilines is 2. The summed E-state index contributed by atoms with van der Waals surface area (Å²) < 4.78 is 5.13. The average Bonchev–Trinajstić information content (AvgIpc) is 2.63. The lowest BCUT2D eigenvalue weighted by Crippen LogP contribution is -2.43. The zero-order valence-corrected chi connectivity index (χ0v) is 16.8. The van der Waals surface area contributed by atoms with Crippen LogP contribution in [-0.2, 0) is 9.59 Å². The van der Waals surface area contributed by atoms with Gasteiger partial charge in [-0.2, -0.15) is 0 Å². The first-order valence-corrected chi connectivity index (χ1v) is 8.96. The molecule has 6 nitrogen and oxygen atoms in total. The fraction of sp³-hybridized carbons (Fsp3) is 0.263. The summed E-state index contributed by atoms with van der Waals surface area (Å²) in [6.45, 7) is 1.75. The molecule has 0 saturated heterocycles. The second kappa shape index (κ2) is 9.60. The topological polar surface area (TPSA) is 70.7 Å². The van der Waals surface area contributed by atoms with Gasteiger partial charge in [0.25, 0.3) is 0 Å². The lowest BCUT2D eigenvalue weighted by atomic mass is 10.2. The molecule has 0 radical (unpaired) electrons. The summed E-state index contributed by atoms with van der Waals surface area (Å²) in [4.78, 5) is 26.3. The summed E-state index contributed by atoms with van der Waals surface area (Å²) in [5, 5.41) is 6.35. The molecule has 27 heavy (non-hydrogen) atoms. The van der Waals surface area contributed by atoms with Gasteiger partial charge in [0.15, 0.2) is 0 Å². The van der Waals surface area contributed by atoms with Crippen LogP contribution in [-0.4, -0.2) is 43.5 Å². The molecule has 2 aromatic rings. The maximum atomic E-state index is 12.4. The van der Waals surface area contributed by atoms with Crippen molar-refractivity contribution in [3.8, 4) is 5.75 Å². The van der Waals surface area contributed by atoms with Gasteiger partial charge in [-0.25, -0.2) is 0 Å². The third kappa shape index (κ3) is 6.13. The van der Waals surface area contributed by atoms with E-state index in [1.165, 1.54) is 0 Å². The molecular formula is C19H21Cl2N3O3. The number of nitrogens with zero attached hydrogens (tertiary/aromatic N) is 1. The molecule has 2 N–H and O–H groups in total. The third-order valence-corrected chi connectivity index (χ3v) is 4.52. The molecule has 2 aromatic carbocycles. The predicted molar refractivity (Wildman–Crippen MR) is 109 cm³/mol. The molecule has 0 bridgehead atoms. The van der Waals surface area contributed by atoms with Crippen molar-refractivity contribution in [2.45, 2.75) is 13.0 Å². The van der Waals surface area contributed by atoms with Crippen molar-refractivity contribution in [2.75, 3.05) is 31.3 Å². The summed E-state index contributed by atoms with van der Waals surface area (Å²) in [6, 6.07) is 11.3. The van der Waals surface area contributed by atoms with Gasteiger partial charge in [0.2, 0.25) is 11.8 Å². The molecule has 0 aliphatic carbocycles. The summed E-state index contributed by atoms with van der Waals surface area (Å²) in [5.41, 5.74) is 1.09. The van der Waals surface area contributed by atoms with Crippen LogP contribution in [0, 0.1) is 0 Å². The number of ether oxygens (including phenoxy) is 1. The quantitative estimate of drug-likeness (QED) is 0.727. The minimum absolute atomic E-state index is 0.0418. The number of methoxy groups -OCH3 is 1. The zero-order valence-electron chi connectivity index (χ0n) is 15.3. The lowest BCUT2D eigenvalue weighted by molar-refractivity contribution is -0.122. The fourth-order valence-corrected chi connectivity index (χ4v) is 2.75. The molecule has 0 spiro atoms. The first kappa shape index (κ1) is 21.0. The van der Waals surface area contributed by atoms with Gasteiger partial charge in [0.05, 0.1) is 30.4 Å². The fourth-order valence-electron chi connectivity index (χ4n) is 2.29. The van der Waals surface area contributed by atoms with Crippen LogP contribution in [0.5, 0.6) is 5.75 Å². The number of rotatable bonds is 7. The molecular weight excluding hydrogens is 389 g/mol. The monoisotopic (exact) mass is 409 g/mol. The lowest BCUT2D eigenvalue weighted by Gasteiger charge is -2.23. The molecule has 0 aromatic heterocycles. The molecule has 0 saturated carbocycles. The van der Waals surface area contributed by atoms with Crippen molar-refractivity contribution in [1.82, 2.24) is 4.90 Å². The van der Waals surface area contributed by atoms with Gasteiger partial charge >= 0.3 is 0 Å². The highest BCUT2D eigenvalue weighted by Crippen LogP contribution is 2.25. The van der Waals surface area contributed by atoms with Crippen LogP contribution >= 0.6 is 23.2 Å². The number of carbonyl (C=O) groups excluding carboxylic acids is 2. The number of amides is 2. The molecule has 0 fully saturated rings. The second-order valence-corrected chi connectivity index (χ2v) is 6.83. The van der Waals surface area contributed by atoms with Gasteiger partial charge in [-0.3, -0.25) is 14.5 Å². The van der Waals surface area contributed by atoms with E-state index in [-0.39, 0.29) is 18.4 Å². The Morgan fingerprint density at radius 1 is 1.15 bits per heavy atom. The number of nitrogens with one attached hydrogen (secondary N) is 2. The highest BCUT2D eigenvalue weighted by Gasteiger charge is 2.21. The standard InChI is InChI=1S/C19H21Cl2N3O3/c1-12(19(26)23-17-8-7-13(20)9-16(17)21)24(2)11-18(25)22-14-5-4-6-15(10-14)27-3/h4-10,12H,11H2,1-3H3,(H,22,25)(H,23,26)/t12-/m0/s1. The second-order valence-electron chi connectivity index (χ2n) is 5.98. The van der Waals surface area contributed by atoms with Gasteiger partial charge in [-0.1, -0.05) is 29.3 Å². The highest BCUT2D eigenvalue weighted by atomic mass is 35.5. The van der Waals surface area contributed by atoms with Crippen LogP contribution in [0.3, 0.4) is 0 Å². The van der Waals surface area contributed by atoms with E-state index in [0.29, 0.717) is 27.2 Å². The smallest absolute Gasteiger partial charge is 0.241 e. The number of carbonyl (C=O) groups is 2. The molecule has 0 unspecified atom stereocenters. The van der Waals surface area contributed by atoms with Crippen molar-refractivity contribution in [1.29, 1.82) is 0 Å². The van der Waals surface area contributed by atoms with E-state index in [1.54, 1.807) is 68.4 Å². The van der Waals surface area contributed by atoms with Crippen LogP contribution in [0.15, 0.2) is 42.5 Å². The predicted octanol–water partition coefficient (Wildman–Crippen LogP) is 3.90. The number of hydrogen-bond acceptors (Lipinski definition) is 4. The van der Waals surface area contributed by atoms with Gasteiger partial charge in [0, 0.05) is 16.8 Å². The summed E-state index contributed by atoms with van der Waals surface area (Å²) >= 11 is 11.9. The zero-order chi connectivity index (χ0) is 20.0. The van der Waals surface area contributed by atoms with Gasteiger partial charge < -0.3 is 15.4 Å². The molecule has 8 heteroatoms. The maximum absolute atomic E-state index is 12.4. The molecule has 1 atom stereocenters. The van der Waals surface area contributed by atoms with E-state index in [9.17, 15) is 9.59 Å². The molecule has 0 heterocycles. The Labute approximate surface area is 168 Å². The molecule has 0 aliphatic heterocycles. The Bertz CT molecular complexity index is 830. The third-order valence-electron chi connectivity index (χ3n) is 3.98. The summed E-state index contributed by atoms with van der Waals surface area (Å²) in [7, 11) is 3.25. The van der Waals surface area contributed by atoms with Gasteiger partial charge in [-0.05, 0) is 44.3 Å². The molecule has 2 rings (SSSR count). The van der Waals surface area contributed by atoms with E-state index in [1.807, 2.05) is 0 Å². The van der Waals surface area contributed by atoms with Gasteiger partial charge in [0.1, 0.15) is 5.75 Å². The Morgan fingerprint density at radius 3 is 2.56 bits per heavy atom.